The van der Waals surface area contributed by atoms with Crippen molar-refractivity contribution >= 4 is 33.9 Å². The predicted octanol–water partition coefficient (Wildman–Crippen LogP) is 3.94. The number of fused-ring (bicyclic) bond motifs is 2. The number of aliphatic imine (C=N–C) groups is 1. The highest BCUT2D eigenvalue weighted by Gasteiger charge is 2.29. The lowest BCUT2D eigenvalue weighted by Gasteiger charge is -2.31. The van der Waals surface area contributed by atoms with Crippen LogP contribution in [0.15, 0.2) is 73.2 Å². The molecule has 166 valence electrons. The molecule has 1 aliphatic heterocycles. The van der Waals surface area contributed by atoms with Gasteiger partial charge < -0.3 is 15.6 Å². The van der Waals surface area contributed by atoms with Crippen molar-refractivity contribution in [2.75, 3.05) is 18.8 Å². The van der Waals surface area contributed by atoms with Gasteiger partial charge in [0.25, 0.3) is 5.91 Å². The number of piperidine rings is 1. The van der Waals surface area contributed by atoms with E-state index in [0.29, 0.717) is 24.6 Å². The molecule has 33 heavy (non-hydrogen) atoms. The third kappa shape index (κ3) is 3.59. The summed E-state index contributed by atoms with van der Waals surface area (Å²) >= 11 is 0. The SMILES string of the molecule is C=C/N=C(\C=C)C(=O)N1CCC(c2nc(-c3cc4ccccc4[nH]3)c3c(N)nccn23)CC1. The van der Waals surface area contributed by atoms with E-state index in [2.05, 4.69) is 40.3 Å². The molecule has 8 nitrogen and oxygen atoms in total. The van der Waals surface area contributed by atoms with Crippen molar-refractivity contribution in [3.05, 3.63) is 74.0 Å². The molecule has 1 amide bonds. The molecule has 8 heteroatoms. The van der Waals surface area contributed by atoms with Crippen molar-refractivity contribution in [3.63, 3.8) is 0 Å². The number of nitrogens with zero attached hydrogens (tertiary/aromatic N) is 5. The average molecular weight is 440 g/mol. The molecule has 0 bridgehead atoms. The highest BCUT2D eigenvalue weighted by atomic mass is 16.2. The van der Waals surface area contributed by atoms with Crippen molar-refractivity contribution in [3.8, 4) is 11.4 Å². The minimum atomic E-state index is -0.122. The van der Waals surface area contributed by atoms with Crippen molar-refractivity contribution < 1.29 is 4.79 Å². The number of H-pyrrole nitrogens is 1. The number of carbonyl (C=O) groups is 1. The Morgan fingerprint density at radius 2 is 2.03 bits per heavy atom. The lowest BCUT2D eigenvalue weighted by atomic mass is 9.95. The number of nitrogen functional groups attached to an aromatic ring is 1. The first-order valence-electron chi connectivity index (χ1n) is 10.9. The second-order valence-electron chi connectivity index (χ2n) is 8.09. The standard InChI is InChI=1S/C25H25N7O/c1-3-18(27-4-2)25(33)31-12-9-16(10-13-31)24-30-21(22-23(26)28-11-14-32(22)24)20-15-17-7-5-6-8-19(17)29-20/h3-8,11,14-16,29H,1-2,9-10,12-13H2,(H2,26,28)/b27-18+. The van der Waals surface area contributed by atoms with Gasteiger partial charge in [0.05, 0.1) is 5.69 Å². The summed E-state index contributed by atoms with van der Waals surface area (Å²) in [6.45, 7) is 8.49. The largest absolute Gasteiger partial charge is 0.382 e. The minimum Gasteiger partial charge on any atom is -0.382 e. The zero-order chi connectivity index (χ0) is 22.9. The Hall–Kier alpha value is -4.20. The summed E-state index contributed by atoms with van der Waals surface area (Å²) in [6.07, 6.45) is 8.02. The van der Waals surface area contributed by atoms with E-state index in [1.807, 2.05) is 33.7 Å². The molecule has 0 atom stereocenters. The minimum absolute atomic E-state index is 0.122. The Labute approximate surface area is 191 Å². The molecule has 0 radical (unpaired) electrons. The Morgan fingerprint density at radius 3 is 2.76 bits per heavy atom. The normalized spacial score (nSPS) is 15.3. The van der Waals surface area contributed by atoms with E-state index in [0.717, 1.165) is 46.5 Å². The number of likely N-dealkylation sites (tertiary alicyclic amines) is 1. The first-order valence-corrected chi connectivity index (χ1v) is 10.9. The van der Waals surface area contributed by atoms with Gasteiger partial charge in [-0.15, -0.1) is 0 Å². The molecule has 5 rings (SSSR count). The summed E-state index contributed by atoms with van der Waals surface area (Å²) in [5, 5.41) is 1.11. The molecule has 0 aliphatic carbocycles. The number of anilines is 1. The first-order chi connectivity index (χ1) is 16.1. The van der Waals surface area contributed by atoms with Crippen LogP contribution in [0, 0.1) is 0 Å². The van der Waals surface area contributed by atoms with Gasteiger partial charge in [-0.3, -0.25) is 14.2 Å². The van der Waals surface area contributed by atoms with Gasteiger partial charge in [-0.1, -0.05) is 31.4 Å². The number of carbonyl (C=O) groups excluding carboxylic acids is 1. The molecular formula is C25H25N7O. The fourth-order valence-electron chi connectivity index (χ4n) is 4.56. The lowest BCUT2D eigenvalue weighted by molar-refractivity contribution is -0.125. The Bertz CT molecular complexity index is 1370. The van der Waals surface area contributed by atoms with Crippen LogP contribution >= 0.6 is 0 Å². The van der Waals surface area contributed by atoms with Gasteiger partial charge in [0, 0.05) is 48.5 Å². The molecule has 0 spiro atoms. The molecule has 3 N–H and O–H groups in total. The number of para-hydroxylation sites is 1. The number of hydrogen-bond acceptors (Lipinski definition) is 5. The molecular weight excluding hydrogens is 414 g/mol. The van der Waals surface area contributed by atoms with Crippen LogP contribution in [-0.4, -0.2) is 49.0 Å². The molecule has 3 aromatic heterocycles. The number of imidazole rings is 1. The van der Waals surface area contributed by atoms with Crippen LogP contribution in [0.2, 0.25) is 0 Å². The van der Waals surface area contributed by atoms with Crippen molar-refractivity contribution in [2.45, 2.75) is 18.8 Å². The summed E-state index contributed by atoms with van der Waals surface area (Å²) in [5.41, 5.74) is 10.2. The fraction of sp³-hybridized carbons (Fsp3) is 0.200. The fourth-order valence-corrected chi connectivity index (χ4v) is 4.56. The van der Waals surface area contributed by atoms with E-state index in [-0.39, 0.29) is 11.8 Å². The van der Waals surface area contributed by atoms with E-state index < -0.39 is 0 Å². The smallest absolute Gasteiger partial charge is 0.272 e. The Kier molecular flexibility index (Phi) is 5.26. The van der Waals surface area contributed by atoms with E-state index >= 15 is 0 Å². The molecule has 1 saturated heterocycles. The van der Waals surface area contributed by atoms with Crippen LogP contribution in [0.4, 0.5) is 5.82 Å². The second-order valence-corrected chi connectivity index (χ2v) is 8.09. The van der Waals surface area contributed by atoms with Crippen LogP contribution in [0.3, 0.4) is 0 Å². The number of amides is 1. The maximum atomic E-state index is 12.7. The number of benzene rings is 1. The number of nitrogens with one attached hydrogen (secondary N) is 1. The average Bonchev–Trinajstić information content (AvgIpc) is 3.45. The van der Waals surface area contributed by atoms with Gasteiger partial charge in [-0.25, -0.2) is 9.97 Å². The van der Waals surface area contributed by atoms with Crippen LogP contribution in [0.1, 0.15) is 24.6 Å². The highest BCUT2D eigenvalue weighted by Crippen LogP contribution is 2.35. The summed E-state index contributed by atoms with van der Waals surface area (Å²) in [6, 6.07) is 10.2. The van der Waals surface area contributed by atoms with Gasteiger partial charge in [-0.05, 0) is 31.1 Å². The van der Waals surface area contributed by atoms with Gasteiger partial charge in [0.15, 0.2) is 0 Å². The zero-order valence-corrected chi connectivity index (χ0v) is 18.2. The predicted molar refractivity (Wildman–Crippen MR) is 131 cm³/mol. The molecule has 4 aromatic rings. The van der Waals surface area contributed by atoms with Gasteiger partial charge in [0.2, 0.25) is 0 Å². The topological polar surface area (TPSA) is 105 Å². The Morgan fingerprint density at radius 1 is 1.24 bits per heavy atom. The van der Waals surface area contributed by atoms with E-state index in [1.54, 1.807) is 6.20 Å². The van der Waals surface area contributed by atoms with Crippen LogP contribution in [-0.2, 0) is 4.79 Å². The van der Waals surface area contributed by atoms with Crippen molar-refractivity contribution in [1.29, 1.82) is 0 Å². The van der Waals surface area contributed by atoms with Gasteiger partial charge >= 0.3 is 0 Å². The van der Waals surface area contributed by atoms with Crippen LogP contribution in [0.25, 0.3) is 27.8 Å². The molecule has 1 fully saturated rings. The molecule has 0 unspecified atom stereocenters. The number of aromatic amines is 1. The number of rotatable bonds is 5. The summed E-state index contributed by atoms with van der Waals surface area (Å²) in [4.78, 5) is 31.4. The van der Waals surface area contributed by atoms with E-state index in [4.69, 9.17) is 10.7 Å². The quantitative estimate of drug-likeness (QED) is 0.460. The summed E-state index contributed by atoms with van der Waals surface area (Å²) in [7, 11) is 0. The van der Waals surface area contributed by atoms with Crippen molar-refractivity contribution in [2.24, 2.45) is 4.99 Å². The summed E-state index contributed by atoms with van der Waals surface area (Å²) in [5.74, 6) is 1.44. The highest BCUT2D eigenvalue weighted by molar-refractivity contribution is 6.43. The molecule has 1 aromatic carbocycles. The van der Waals surface area contributed by atoms with E-state index in [1.165, 1.54) is 12.3 Å². The maximum Gasteiger partial charge on any atom is 0.272 e. The van der Waals surface area contributed by atoms with Crippen LogP contribution in [0.5, 0.6) is 0 Å². The lowest BCUT2D eigenvalue weighted by Crippen LogP contribution is -2.41. The molecule has 1 aliphatic rings. The maximum absolute atomic E-state index is 12.7. The third-order valence-electron chi connectivity index (χ3n) is 6.19. The van der Waals surface area contributed by atoms with E-state index in [9.17, 15) is 4.79 Å². The van der Waals surface area contributed by atoms with Gasteiger partial charge in [0.1, 0.15) is 28.6 Å². The van der Waals surface area contributed by atoms with Crippen LogP contribution < -0.4 is 5.73 Å². The van der Waals surface area contributed by atoms with Crippen molar-refractivity contribution in [1.82, 2.24) is 24.3 Å². The Balaban J connectivity index is 1.48. The monoisotopic (exact) mass is 439 g/mol. The first kappa shape index (κ1) is 20.7. The molecule has 4 heterocycles. The number of aromatic nitrogens is 4. The number of nitrogens with two attached hydrogens (primary N) is 1. The zero-order valence-electron chi connectivity index (χ0n) is 18.2. The summed E-state index contributed by atoms with van der Waals surface area (Å²) < 4.78 is 2.04. The second kappa shape index (κ2) is 8.38. The number of hydrogen-bond donors (Lipinski definition) is 2. The molecule has 0 saturated carbocycles. The van der Waals surface area contributed by atoms with Gasteiger partial charge in [-0.2, -0.15) is 0 Å². The third-order valence-corrected chi connectivity index (χ3v) is 6.19.